The first-order valence-electron chi connectivity index (χ1n) is 10.1. The Bertz CT molecular complexity index is 1160. The van der Waals surface area contributed by atoms with E-state index in [1.807, 2.05) is 24.0 Å². The minimum atomic E-state index is -0.265. The summed E-state index contributed by atoms with van der Waals surface area (Å²) in [5.41, 5.74) is 1.17. The zero-order valence-electron chi connectivity index (χ0n) is 17.5. The van der Waals surface area contributed by atoms with Gasteiger partial charge in [0.05, 0.1) is 25.2 Å². The number of ether oxygens (including phenoxy) is 2. The molecule has 0 N–H and O–H groups in total. The molecule has 2 aromatic heterocycles. The summed E-state index contributed by atoms with van der Waals surface area (Å²) >= 11 is 0. The second-order valence-corrected chi connectivity index (χ2v) is 7.51. The third-order valence-electron chi connectivity index (χ3n) is 5.54. The van der Waals surface area contributed by atoms with Gasteiger partial charge in [0.2, 0.25) is 0 Å². The van der Waals surface area contributed by atoms with Crippen molar-refractivity contribution in [3.8, 4) is 17.3 Å². The topological polar surface area (TPSA) is 73.7 Å². The van der Waals surface area contributed by atoms with E-state index in [1.54, 1.807) is 24.5 Å². The number of hydrogen-bond acceptors (Lipinski definition) is 5. The molecule has 4 rings (SSSR count). The second-order valence-electron chi connectivity index (χ2n) is 7.51. The Morgan fingerprint density at radius 1 is 1.00 bits per heavy atom. The van der Waals surface area contributed by atoms with Crippen molar-refractivity contribution >= 4 is 16.7 Å². The lowest BCUT2D eigenvalue weighted by molar-refractivity contribution is 0.0725. The van der Waals surface area contributed by atoms with Crippen LogP contribution in [0.15, 0.2) is 41.5 Å². The highest BCUT2D eigenvalue weighted by atomic mass is 16.5. The Hall–Kier alpha value is -3.35. The lowest BCUT2D eigenvalue weighted by atomic mass is 10.0. The SMILES string of the molecule is COc1cc2c(C(=O)N3CCCCC3)cn(-c3cc(C)ccn3)c(=O)c2cc1OC. The summed E-state index contributed by atoms with van der Waals surface area (Å²) in [6.45, 7) is 3.37. The Kier molecular flexibility index (Phi) is 5.44. The number of carbonyl (C=O) groups excluding carboxylic acids is 1. The van der Waals surface area contributed by atoms with E-state index in [9.17, 15) is 9.59 Å². The zero-order valence-corrected chi connectivity index (χ0v) is 17.5. The van der Waals surface area contributed by atoms with Gasteiger partial charge in [-0.05, 0) is 56.0 Å². The Labute approximate surface area is 174 Å². The summed E-state index contributed by atoms with van der Waals surface area (Å²) < 4.78 is 12.3. The van der Waals surface area contributed by atoms with Crippen LogP contribution in [-0.4, -0.2) is 47.7 Å². The highest BCUT2D eigenvalue weighted by molar-refractivity contribution is 6.07. The number of piperidine rings is 1. The molecule has 1 aromatic carbocycles. The standard InChI is InChI=1S/C23H25N3O4/c1-15-7-8-24-21(11-15)26-14-18(22(27)25-9-5-4-6-10-25)16-12-19(29-2)20(30-3)13-17(16)23(26)28/h7-8,11-14H,4-6,9-10H2,1-3H3. The first-order valence-corrected chi connectivity index (χ1v) is 10.1. The predicted octanol–water partition coefficient (Wildman–Crippen LogP) is 3.34. The molecule has 0 spiro atoms. The number of aromatic nitrogens is 2. The monoisotopic (exact) mass is 407 g/mol. The summed E-state index contributed by atoms with van der Waals surface area (Å²) in [5, 5.41) is 0.941. The van der Waals surface area contributed by atoms with Crippen LogP contribution in [0.2, 0.25) is 0 Å². The Morgan fingerprint density at radius 2 is 1.67 bits per heavy atom. The Morgan fingerprint density at radius 3 is 2.30 bits per heavy atom. The maximum absolute atomic E-state index is 13.4. The lowest BCUT2D eigenvalue weighted by Gasteiger charge is -2.27. The number of methoxy groups -OCH3 is 2. The van der Waals surface area contributed by atoms with Gasteiger partial charge in [0.1, 0.15) is 5.82 Å². The van der Waals surface area contributed by atoms with Gasteiger partial charge in [-0.1, -0.05) is 0 Å². The van der Waals surface area contributed by atoms with Crippen molar-refractivity contribution in [1.82, 2.24) is 14.5 Å². The van der Waals surface area contributed by atoms with Gasteiger partial charge in [-0.3, -0.25) is 14.2 Å². The van der Waals surface area contributed by atoms with Gasteiger partial charge in [0.25, 0.3) is 11.5 Å². The first-order chi connectivity index (χ1) is 14.5. The average Bonchev–Trinajstić information content (AvgIpc) is 2.78. The van der Waals surface area contributed by atoms with Crippen LogP contribution < -0.4 is 15.0 Å². The number of aryl methyl sites for hydroxylation is 1. The number of pyridine rings is 2. The lowest BCUT2D eigenvalue weighted by Crippen LogP contribution is -2.36. The van der Waals surface area contributed by atoms with Gasteiger partial charge in [-0.15, -0.1) is 0 Å². The number of rotatable bonds is 4. The third-order valence-corrected chi connectivity index (χ3v) is 5.54. The highest BCUT2D eigenvalue weighted by Crippen LogP contribution is 2.33. The van der Waals surface area contributed by atoms with Crippen LogP contribution in [0.4, 0.5) is 0 Å². The molecule has 3 heterocycles. The highest BCUT2D eigenvalue weighted by Gasteiger charge is 2.24. The van der Waals surface area contributed by atoms with Gasteiger partial charge in [-0.2, -0.15) is 0 Å². The molecule has 30 heavy (non-hydrogen) atoms. The van der Waals surface area contributed by atoms with E-state index in [2.05, 4.69) is 4.98 Å². The minimum Gasteiger partial charge on any atom is -0.493 e. The molecule has 0 atom stereocenters. The molecule has 1 amide bonds. The van der Waals surface area contributed by atoms with E-state index in [0.29, 0.717) is 33.7 Å². The number of hydrogen-bond donors (Lipinski definition) is 0. The van der Waals surface area contributed by atoms with Gasteiger partial charge < -0.3 is 14.4 Å². The van der Waals surface area contributed by atoms with E-state index >= 15 is 0 Å². The normalized spacial score (nSPS) is 14.0. The van der Waals surface area contributed by atoms with Gasteiger partial charge in [0, 0.05) is 30.9 Å². The van der Waals surface area contributed by atoms with Crippen LogP contribution in [0.5, 0.6) is 11.5 Å². The molecule has 1 saturated heterocycles. The largest absolute Gasteiger partial charge is 0.493 e. The minimum absolute atomic E-state index is 0.0895. The quantitative estimate of drug-likeness (QED) is 0.663. The van der Waals surface area contributed by atoms with Crippen LogP contribution in [0.1, 0.15) is 35.2 Å². The fourth-order valence-electron chi connectivity index (χ4n) is 3.93. The number of amides is 1. The molecule has 0 bridgehead atoms. The summed E-state index contributed by atoms with van der Waals surface area (Å²) in [4.78, 5) is 33.0. The van der Waals surface area contributed by atoms with Crippen molar-refractivity contribution in [2.45, 2.75) is 26.2 Å². The summed E-state index contributed by atoms with van der Waals surface area (Å²) in [7, 11) is 3.06. The number of benzene rings is 1. The smallest absolute Gasteiger partial charge is 0.264 e. The van der Waals surface area contributed by atoms with Crippen LogP contribution in [-0.2, 0) is 0 Å². The summed E-state index contributed by atoms with van der Waals surface area (Å²) in [5.74, 6) is 1.30. The predicted molar refractivity (Wildman–Crippen MR) is 115 cm³/mol. The molecule has 0 radical (unpaired) electrons. The number of nitrogens with zero attached hydrogens (tertiary/aromatic N) is 3. The molecule has 1 fully saturated rings. The van der Waals surface area contributed by atoms with Gasteiger partial charge in [0.15, 0.2) is 11.5 Å². The fraction of sp³-hybridized carbons (Fsp3) is 0.348. The maximum Gasteiger partial charge on any atom is 0.264 e. The van der Waals surface area contributed by atoms with Gasteiger partial charge in [-0.25, -0.2) is 4.98 Å². The van der Waals surface area contributed by atoms with Crippen molar-refractivity contribution in [3.63, 3.8) is 0 Å². The molecule has 0 saturated carbocycles. The van der Waals surface area contributed by atoms with E-state index in [0.717, 1.165) is 37.9 Å². The number of fused-ring (bicyclic) bond motifs is 1. The number of carbonyl (C=O) groups is 1. The Balaban J connectivity index is 2.00. The van der Waals surface area contributed by atoms with Crippen molar-refractivity contribution in [3.05, 3.63) is 58.1 Å². The zero-order chi connectivity index (χ0) is 21.3. The molecular weight excluding hydrogens is 382 g/mol. The third kappa shape index (κ3) is 3.51. The summed E-state index contributed by atoms with van der Waals surface area (Å²) in [6, 6.07) is 7.03. The van der Waals surface area contributed by atoms with Crippen LogP contribution in [0.25, 0.3) is 16.6 Å². The molecule has 7 nitrogen and oxygen atoms in total. The van der Waals surface area contributed by atoms with Crippen LogP contribution in [0, 0.1) is 6.92 Å². The fourth-order valence-corrected chi connectivity index (χ4v) is 3.93. The summed E-state index contributed by atoms with van der Waals surface area (Å²) in [6.07, 6.45) is 6.36. The molecule has 7 heteroatoms. The van der Waals surface area contributed by atoms with Gasteiger partial charge >= 0.3 is 0 Å². The molecule has 0 unspecified atom stereocenters. The van der Waals surface area contributed by atoms with Crippen molar-refractivity contribution in [2.75, 3.05) is 27.3 Å². The molecule has 0 aliphatic carbocycles. The maximum atomic E-state index is 13.4. The van der Waals surface area contributed by atoms with Crippen molar-refractivity contribution < 1.29 is 14.3 Å². The van der Waals surface area contributed by atoms with E-state index < -0.39 is 0 Å². The van der Waals surface area contributed by atoms with Crippen LogP contribution >= 0.6 is 0 Å². The van der Waals surface area contributed by atoms with Crippen molar-refractivity contribution in [1.29, 1.82) is 0 Å². The van der Waals surface area contributed by atoms with E-state index in [-0.39, 0.29) is 11.5 Å². The second kappa shape index (κ2) is 8.18. The molecule has 156 valence electrons. The molecule has 1 aliphatic heterocycles. The molecule has 1 aliphatic rings. The first kappa shape index (κ1) is 19.9. The van der Waals surface area contributed by atoms with Crippen LogP contribution in [0.3, 0.4) is 0 Å². The van der Waals surface area contributed by atoms with E-state index in [1.165, 1.54) is 18.8 Å². The number of likely N-dealkylation sites (tertiary alicyclic amines) is 1. The van der Waals surface area contributed by atoms with E-state index in [4.69, 9.17) is 9.47 Å². The average molecular weight is 407 g/mol. The molecule has 3 aromatic rings. The van der Waals surface area contributed by atoms with Crippen molar-refractivity contribution in [2.24, 2.45) is 0 Å². The molecular formula is C23H25N3O4.